The lowest BCUT2D eigenvalue weighted by molar-refractivity contribution is -0.125. The number of aryl methyl sites for hydroxylation is 1. The Labute approximate surface area is 217 Å². The summed E-state index contributed by atoms with van der Waals surface area (Å²) in [4.78, 5) is 23.2. The van der Waals surface area contributed by atoms with Crippen LogP contribution in [-0.4, -0.2) is 85.6 Å². The summed E-state index contributed by atoms with van der Waals surface area (Å²) in [7, 11) is -3.71. The van der Waals surface area contributed by atoms with Crippen LogP contribution in [0.1, 0.15) is 31.2 Å². The molecule has 1 spiro atoms. The van der Waals surface area contributed by atoms with E-state index in [2.05, 4.69) is 34.3 Å². The van der Waals surface area contributed by atoms with E-state index in [4.69, 9.17) is 4.84 Å². The number of hydrogen-bond donors (Lipinski definition) is 0. The molecule has 3 aliphatic rings. The summed E-state index contributed by atoms with van der Waals surface area (Å²) in [5.41, 5.74) is 1.13. The molecule has 198 valence electrons. The fourth-order valence-electron chi connectivity index (χ4n) is 5.30. The summed E-state index contributed by atoms with van der Waals surface area (Å²) in [6.07, 6.45) is 3.44. The van der Waals surface area contributed by atoms with Crippen LogP contribution < -0.4 is 0 Å². The maximum absolute atomic E-state index is 13.2. The Morgan fingerprint density at radius 2 is 1.62 bits per heavy atom. The molecule has 8 nitrogen and oxygen atoms in total. The standard InChI is InChI=1S/C27H33FN4O4S/c28-23-8-10-24(11-9-23)37(34,35)32-15-12-27(13-16-32)21-25(29-36-27)26(33)31-19-17-30(18-20-31)14-4-7-22-5-2-1-3-6-22/h1-3,5-6,8-11H,4,7,12-21H2. The van der Waals surface area contributed by atoms with Gasteiger partial charge in [-0.25, -0.2) is 12.8 Å². The van der Waals surface area contributed by atoms with Crippen LogP contribution in [-0.2, 0) is 26.1 Å². The van der Waals surface area contributed by atoms with Crippen LogP contribution >= 0.6 is 0 Å². The van der Waals surface area contributed by atoms with E-state index in [0.717, 1.165) is 44.6 Å². The van der Waals surface area contributed by atoms with Gasteiger partial charge < -0.3 is 9.74 Å². The number of rotatable bonds is 7. The highest BCUT2D eigenvalue weighted by Gasteiger charge is 2.46. The van der Waals surface area contributed by atoms with Gasteiger partial charge in [0.05, 0.1) is 4.90 Å². The van der Waals surface area contributed by atoms with Gasteiger partial charge in [-0.1, -0.05) is 35.5 Å². The molecule has 2 fully saturated rings. The molecule has 0 unspecified atom stereocenters. The highest BCUT2D eigenvalue weighted by molar-refractivity contribution is 7.89. The number of sulfonamides is 1. The molecule has 2 saturated heterocycles. The van der Waals surface area contributed by atoms with Crippen LogP contribution in [0.2, 0.25) is 0 Å². The van der Waals surface area contributed by atoms with Crippen molar-refractivity contribution in [1.29, 1.82) is 0 Å². The molecule has 37 heavy (non-hydrogen) atoms. The Hall–Kier alpha value is -2.82. The third-order valence-corrected chi connectivity index (χ3v) is 9.53. The molecule has 1 amide bonds. The number of carbonyl (C=O) groups excluding carboxylic acids is 1. The van der Waals surface area contributed by atoms with Crippen molar-refractivity contribution in [3.63, 3.8) is 0 Å². The molecule has 0 atom stereocenters. The minimum Gasteiger partial charge on any atom is -0.388 e. The molecule has 5 rings (SSSR count). The molecular weight excluding hydrogens is 495 g/mol. The minimum atomic E-state index is -3.71. The van der Waals surface area contributed by atoms with E-state index < -0.39 is 21.4 Å². The van der Waals surface area contributed by atoms with Gasteiger partial charge >= 0.3 is 0 Å². The Morgan fingerprint density at radius 3 is 2.30 bits per heavy atom. The van der Waals surface area contributed by atoms with E-state index >= 15 is 0 Å². The maximum Gasteiger partial charge on any atom is 0.271 e. The van der Waals surface area contributed by atoms with E-state index in [1.165, 1.54) is 22.0 Å². The molecule has 10 heteroatoms. The average molecular weight is 529 g/mol. The van der Waals surface area contributed by atoms with Crippen LogP contribution in [0.3, 0.4) is 0 Å². The van der Waals surface area contributed by atoms with E-state index in [1.807, 2.05) is 11.0 Å². The van der Waals surface area contributed by atoms with Gasteiger partial charge in [-0.3, -0.25) is 9.69 Å². The van der Waals surface area contributed by atoms with Crippen molar-refractivity contribution < 1.29 is 22.4 Å². The largest absolute Gasteiger partial charge is 0.388 e. The molecule has 0 radical (unpaired) electrons. The highest BCUT2D eigenvalue weighted by atomic mass is 32.2. The number of hydrogen-bond acceptors (Lipinski definition) is 6. The van der Waals surface area contributed by atoms with Gasteiger partial charge in [0.15, 0.2) is 0 Å². The third-order valence-electron chi connectivity index (χ3n) is 7.61. The molecule has 2 aromatic carbocycles. The first-order valence-corrected chi connectivity index (χ1v) is 14.4. The number of amides is 1. The Morgan fingerprint density at radius 1 is 0.946 bits per heavy atom. The molecule has 0 saturated carbocycles. The highest BCUT2D eigenvalue weighted by Crippen LogP contribution is 2.36. The zero-order valence-electron chi connectivity index (χ0n) is 20.9. The van der Waals surface area contributed by atoms with E-state index in [0.29, 0.717) is 38.1 Å². The normalized spacial score (nSPS) is 20.6. The molecule has 0 aromatic heterocycles. The van der Waals surface area contributed by atoms with Crippen molar-refractivity contribution in [3.8, 4) is 0 Å². The Bertz CT molecular complexity index is 1220. The second-order valence-electron chi connectivity index (χ2n) is 10.1. The van der Waals surface area contributed by atoms with Gasteiger partial charge in [0.2, 0.25) is 10.0 Å². The Balaban J connectivity index is 1.07. The fraction of sp³-hybridized carbons (Fsp3) is 0.481. The summed E-state index contributed by atoms with van der Waals surface area (Å²) in [5, 5.41) is 4.15. The second-order valence-corrected chi connectivity index (χ2v) is 12.0. The summed E-state index contributed by atoms with van der Waals surface area (Å²) in [5.74, 6) is -0.558. The van der Waals surface area contributed by atoms with Crippen molar-refractivity contribution in [3.05, 3.63) is 66.0 Å². The summed E-state index contributed by atoms with van der Waals surface area (Å²) in [6, 6.07) is 15.3. The van der Waals surface area contributed by atoms with Crippen molar-refractivity contribution in [2.24, 2.45) is 5.16 Å². The predicted octanol–water partition coefficient (Wildman–Crippen LogP) is 2.90. The summed E-state index contributed by atoms with van der Waals surface area (Å²) < 4.78 is 40.4. The van der Waals surface area contributed by atoms with Crippen molar-refractivity contribution in [1.82, 2.24) is 14.1 Å². The number of carbonyl (C=O) groups is 1. The predicted molar refractivity (Wildman–Crippen MR) is 138 cm³/mol. The van der Waals surface area contributed by atoms with Gasteiger partial charge in [-0.2, -0.15) is 4.31 Å². The maximum atomic E-state index is 13.2. The fourth-order valence-corrected chi connectivity index (χ4v) is 6.74. The molecule has 3 aliphatic heterocycles. The SMILES string of the molecule is O=C(C1=NOC2(CCN(S(=O)(=O)c3ccc(F)cc3)CC2)C1)N1CCN(CCCc2ccccc2)CC1. The van der Waals surface area contributed by atoms with Gasteiger partial charge in [-0.05, 0) is 49.2 Å². The first-order valence-electron chi connectivity index (χ1n) is 12.9. The lowest BCUT2D eigenvalue weighted by Gasteiger charge is -2.37. The van der Waals surface area contributed by atoms with E-state index in [-0.39, 0.29) is 23.9 Å². The van der Waals surface area contributed by atoms with Crippen molar-refractivity contribution in [2.75, 3.05) is 45.8 Å². The van der Waals surface area contributed by atoms with Gasteiger partial charge in [0.25, 0.3) is 5.91 Å². The zero-order valence-corrected chi connectivity index (χ0v) is 21.7. The number of nitrogens with zero attached hydrogens (tertiary/aromatic N) is 4. The number of oxime groups is 1. The van der Waals surface area contributed by atoms with Crippen LogP contribution in [0, 0.1) is 5.82 Å². The monoisotopic (exact) mass is 528 g/mol. The molecule has 0 bridgehead atoms. The lowest BCUT2D eigenvalue weighted by atomic mass is 9.87. The molecule has 2 aromatic rings. The lowest BCUT2D eigenvalue weighted by Crippen LogP contribution is -2.51. The first-order chi connectivity index (χ1) is 17.8. The third kappa shape index (κ3) is 5.86. The van der Waals surface area contributed by atoms with E-state index in [1.54, 1.807) is 0 Å². The molecular formula is C27H33FN4O4S. The zero-order chi connectivity index (χ0) is 25.9. The topological polar surface area (TPSA) is 82.5 Å². The number of piperazine rings is 1. The van der Waals surface area contributed by atoms with Gasteiger partial charge in [0.1, 0.15) is 17.1 Å². The van der Waals surface area contributed by atoms with Gasteiger partial charge in [0, 0.05) is 58.5 Å². The first kappa shape index (κ1) is 25.8. The van der Waals surface area contributed by atoms with Crippen LogP contribution in [0.5, 0.6) is 0 Å². The summed E-state index contributed by atoms with van der Waals surface area (Å²) in [6.45, 7) is 4.56. The Kier molecular flexibility index (Phi) is 7.60. The molecule has 3 heterocycles. The molecule has 0 N–H and O–H groups in total. The van der Waals surface area contributed by atoms with Crippen LogP contribution in [0.15, 0.2) is 64.6 Å². The van der Waals surface area contributed by atoms with Gasteiger partial charge in [-0.15, -0.1) is 0 Å². The average Bonchev–Trinajstić information content (AvgIpc) is 3.33. The van der Waals surface area contributed by atoms with Crippen molar-refractivity contribution >= 4 is 21.6 Å². The number of benzene rings is 2. The van der Waals surface area contributed by atoms with E-state index in [9.17, 15) is 17.6 Å². The quantitative estimate of drug-likeness (QED) is 0.552. The van der Waals surface area contributed by atoms with Crippen molar-refractivity contribution in [2.45, 2.75) is 42.6 Å². The number of piperidine rings is 1. The van der Waals surface area contributed by atoms with Crippen LogP contribution in [0.4, 0.5) is 4.39 Å². The minimum absolute atomic E-state index is 0.0727. The number of halogens is 1. The van der Waals surface area contributed by atoms with Crippen LogP contribution in [0.25, 0.3) is 0 Å². The molecule has 0 aliphatic carbocycles. The second kappa shape index (κ2) is 10.9. The summed E-state index contributed by atoms with van der Waals surface area (Å²) >= 11 is 0. The smallest absolute Gasteiger partial charge is 0.271 e.